The molecule has 0 unspecified atom stereocenters. The Morgan fingerprint density at radius 3 is 2.88 bits per heavy atom. The van der Waals surface area contributed by atoms with Gasteiger partial charge in [-0.1, -0.05) is 11.6 Å². The smallest absolute Gasteiger partial charge is 0.348 e. The maximum Gasteiger partial charge on any atom is 0.348 e. The van der Waals surface area contributed by atoms with Crippen LogP contribution in [0.1, 0.15) is 16.1 Å². The number of aromatic amines is 1. The van der Waals surface area contributed by atoms with Crippen molar-refractivity contribution in [2.45, 2.75) is 6.92 Å². The summed E-state index contributed by atoms with van der Waals surface area (Å²) in [5, 5.41) is 6.48. The quantitative estimate of drug-likeness (QED) is 0.625. The van der Waals surface area contributed by atoms with E-state index >= 15 is 0 Å². The van der Waals surface area contributed by atoms with Crippen LogP contribution in [-0.2, 0) is 0 Å². The number of aromatic nitrogens is 3. The molecule has 0 aliphatic carbocycles. The monoisotopic (exact) mass is 252 g/mol. The van der Waals surface area contributed by atoms with Gasteiger partial charge >= 0.3 is 5.97 Å². The Bertz CT molecular complexity index is 567. The molecule has 6 nitrogen and oxygen atoms in total. The van der Waals surface area contributed by atoms with Crippen molar-refractivity contribution in [1.82, 2.24) is 15.2 Å². The molecule has 2 heterocycles. The van der Waals surface area contributed by atoms with Crippen LogP contribution >= 0.6 is 11.6 Å². The van der Waals surface area contributed by atoms with Crippen molar-refractivity contribution in [3.05, 3.63) is 34.7 Å². The molecule has 0 spiro atoms. The van der Waals surface area contributed by atoms with E-state index in [1.54, 1.807) is 6.92 Å². The van der Waals surface area contributed by atoms with Gasteiger partial charge in [0.1, 0.15) is 5.56 Å². The first-order chi connectivity index (χ1) is 8.08. The van der Waals surface area contributed by atoms with E-state index in [9.17, 15) is 4.79 Å². The fourth-order valence-electron chi connectivity index (χ4n) is 1.20. The predicted octanol–water partition coefficient (Wildman–Crippen LogP) is 1.57. The highest BCUT2D eigenvalue weighted by Crippen LogP contribution is 2.20. The van der Waals surface area contributed by atoms with Gasteiger partial charge in [-0.2, -0.15) is 10.1 Å². The minimum absolute atomic E-state index is 0.0924. The van der Waals surface area contributed by atoms with E-state index in [-0.39, 0.29) is 11.0 Å². The fraction of sp³-hybridized carbons (Fsp3) is 0.100. The molecule has 0 atom stereocenters. The van der Waals surface area contributed by atoms with E-state index in [1.165, 1.54) is 18.3 Å². The maximum absolute atomic E-state index is 11.7. The standard InChI is InChI=1S/C10H9ClN4O2/c1-5-6(4-13-15-5)10(16)17-8-3-2-7(12)9(11)14-8/h2-4H,12H2,1H3,(H,13,15). The number of nitrogens with zero attached hydrogens (tertiary/aromatic N) is 2. The molecule has 3 N–H and O–H groups in total. The highest BCUT2D eigenvalue weighted by atomic mass is 35.5. The van der Waals surface area contributed by atoms with Crippen LogP contribution in [0.3, 0.4) is 0 Å². The number of nitrogens with two attached hydrogens (primary N) is 1. The van der Waals surface area contributed by atoms with E-state index < -0.39 is 5.97 Å². The summed E-state index contributed by atoms with van der Waals surface area (Å²) < 4.78 is 5.03. The Kier molecular flexibility index (Phi) is 2.97. The normalized spacial score (nSPS) is 10.2. The summed E-state index contributed by atoms with van der Waals surface area (Å²) in [6, 6.07) is 2.98. The number of nitrogens with one attached hydrogen (secondary N) is 1. The number of hydrogen-bond acceptors (Lipinski definition) is 5. The number of pyridine rings is 1. The van der Waals surface area contributed by atoms with Gasteiger partial charge in [-0.3, -0.25) is 5.10 Å². The van der Waals surface area contributed by atoms with Gasteiger partial charge in [-0.05, 0) is 13.0 Å². The number of rotatable bonds is 2. The zero-order valence-electron chi connectivity index (χ0n) is 8.90. The van der Waals surface area contributed by atoms with Crippen LogP contribution in [0.15, 0.2) is 18.3 Å². The Morgan fingerprint density at radius 1 is 1.53 bits per heavy atom. The lowest BCUT2D eigenvalue weighted by Gasteiger charge is -2.03. The molecule has 17 heavy (non-hydrogen) atoms. The number of esters is 1. The molecule has 0 aliphatic heterocycles. The van der Waals surface area contributed by atoms with Crippen LogP contribution < -0.4 is 10.5 Å². The Morgan fingerprint density at radius 2 is 2.29 bits per heavy atom. The molecule has 2 rings (SSSR count). The second kappa shape index (κ2) is 4.42. The number of carbonyl (C=O) groups is 1. The molecule has 0 aromatic carbocycles. The van der Waals surface area contributed by atoms with E-state index in [2.05, 4.69) is 15.2 Å². The lowest BCUT2D eigenvalue weighted by atomic mass is 10.3. The van der Waals surface area contributed by atoms with Crippen molar-refractivity contribution in [3.8, 4) is 5.88 Å². The molecule has 7 heteroatoms. The SMILES string of the molecule is Cc1n[nH]cc1C(=O)Oc1ccc(N)c(Cl)n1. The van der Waals surface area contributed by atoms with Gasteiger partial charge < -0.3 is 10.5 Å². The fourth-order valence-corrected chi connectivity index (χ4v) is 1.35. The summed E-state index contributed by atoms with van der Waals surface area (Å²) in [6.07, 6.45) is 1.45. The Balaban J connectivity index is 2.19. The molecule has 2 aromatic heterocycles. The molecule has 0 aliphatic rings. The Labute approximate surface area is 102 Å². The topological polar surface area (TPSA) is 93.9 Å². The van der Waals surface area contributed by atoms with Gasteiger partial charge in [-0.15, -0.1) is 0 Å². The molecule has 0 amide bonds. The van der Waals surface area contributed by atoms with Crippen LogP contribution in [0.2, 0.25) is 5.15 Å². The lowest BCUT2D eigenvalue weighted by Crippen LogP contribution is -2.10. The Hall–Kier alpha value is -2.08. The number of aryl methyl sites for hydroxylation is 1. The number of nitrogen functional groups attached to an aromatic ring is 1. The van der Waals surface area contributed by atoms with Crippen molar-refractivity contribution in [2.24, 2.45) is 0 Å². The van der Waals surface area contributed by atoms with Crippen molar-refractivity contribution in [1.29, 1.82) is 0 Å². The zero-order chi connectivity index (χ0) is 12.4. The second-order valence-corrected chi connectivity index (χ2v) is 3.66. The number of H-pyrrole nitrogens is 1. The molecule has 0 saturated carbocycles. The molecular formula is C10H9ClN4O2. The van der Waals surface area contributed by atoms with Crippen molar-refractivity contribution in [2.75, 3.05) is 5.73 Å². The summed E-state index contributed by atoms with van der Waals surface area (Å²) in [4.78, 5) is 15.5. The summed E-state index contributed by atoms with van der Waals surface area (Å²) in [5.74, 6) is -0.459. The average Bonchev–Trinajstić information content (AvgIpc) is 2.70. The molecule has 88 valence electrons. The van der Waals surface area contributed by atoms with Crippen molar-refractivity contribution < 1.29 is 9.53 Å². The highest BCUT2D eigenvalue weighted by Gasteiger charge is 2.14. The molecule has 2 aromatic rings. The van der Waals surface area contributed by atoms with Gasteiger partial charge in [0.05, 0.1) is 11.4 Å². The van der Waals surface area contributed by atoms with Gasteiger partial charge in [-0.25, -0.2) is 4.79 Å². The highest BCUT2D eigenvalue weighted by molar-refractivity contribution is 6.31. The zero-order valence-corrected chi connectivity index (χ0v) is 9.65. The number of carbonyl (C=O) groups excluding carboxylic acids is 1. The molecule has 0 saturated heterocycles. The first-order valence-electron chi connectivity index (χ1n) is 4.72. The van der Waals surface area contributed by atoms with Gasteiger partial charge in [0.2, 0.25) is 5.88 Å². The van der Waals surface area contributed by atoms with Crippen LogP contribution in [-0.4, -0.2) is 21.2 Å². The van der Waals surface area contributed by atoms with Crippen LogP contribution in [0.5, 0.6) is 5.88 Å². The third kappa shape index (κ3) is 2.36. The van der Waals surface area contributed by atoms with E-state index in [1.807, 2.05) is 0 Å². The number of hydrogen-bond donors (Lipinski definition) is 2. The van der Waals surface area contributed by atoms with Gasteiger partial charge in [0.25, 0.3) is 0 Å². The van der Waals surface area contributed by atoms with Gasteiger partial charge in [0, 0.05) is 12.3 Å². The minimum Gasteiger partial charge on any atom is -0.404 e. The van der Waals surface area contributed by atoms with E-state index in [0.29, 0.717) is 16.9 Å². The molecule has 0 radical (unpaired) electrons. The predicted molar refractivity (Wildman–Crippen MR) is 61.9 cm³/mol. The maximum atomic E-state index is 11.7. The van der Waals surface area contributed by atoms with Crippen LogP contribution in [0.25, 0.3) is 0 Å². The molecule has 0 fully saturated rings. The third-order valence-corrected chi connectivity index (χ3v) is 2.40. The van der Waals surface area contributed by atoms with Crippen LogP contribution in [0.4, 0.5) is 5.69 Å². The summed E-state index contributed by atoms with van der Waals surface area (Å²) in [5.41, 5.74) is 6.71. The molecular weight excluding hydrogens is 244 g/mol. The summed E-state index contributed by atoms with van der Waals surface area (Å²) in [7, 11) is 0. The molecule has 0 bridgehead atoms. The number of anilines is 1. The minimum atomic E-state index is -0.551. The lowest BCUT2D eigenvalue weighted by molar-refractivity contribution is 0.0727. The summed E-state index contributed by atoms with van der Waals surface area (Å²) >= 11 is 5.71. The van der Waals surface area contributed by atoms with E-state index in [0.717, 1.165) is 0 Å². The third-order valence-electron chi connectivity index (χ3n) is 2.10. The second-order valence-electron chi connectivity index (χ2n) is 3.30. The first-order valence-corrected chi connectivity index (χ1v) is 5.10. The van der Waals surface area contributed by atoms with Crippen LogP contribution in [0, 0.1) is 6.92 Å². The average molecular weight is 253 g/mol. The largest absolute Gasteiger partial charge is 0.404 e. The summed E-state index contributed by atoms with van der Waals surface area (Å²) in [6.45, 7) is 1.69. The van der Waals surface area contributed by atoms with Crippen molar-refractivity contribution >= 4 is 23.3 Å². The van der Waals surface area contributed by atoms with E-state index in [4.69, 9.17) is 22.1 Å². The van der Waals surface area contributed by atoms with Crippen molar-refractivity contribution in [3.63, 3.8) is 0 Å². The van der Waals surface area contributed by atoms with Gasteiger partial charge in [0.15, 0.2) is 5.15 Å². The number of halogens is 1. The first kappa shape index (κ1) is 11.4. The number of ether oxygens (including phenoxy) is 1.